The molecular formula is C11H13N3O2. The molecule has 0 aliphatic heterocycles. The summed E-state index contributed by atoms with van der Waals surface area (Å²) in [5.41, 5.74) is 1.92. The molecule has 1 aromatic heterocycles. The summed E-state index contributed by atoms with van der Waals surface area (Å²) in [4.78, 5) is 10.4. The van der Waals surface area contributed by atoms with Gasteiger partial charge in [0.2, 0.25) is 0 Å². The van der Waals surface area contributed by atoms with Gasteiger partial charge in [0.15, 0.2) is 0 Å². The Labute approximate surface area is 92.7 Å². The number of aromatic nitrogens is 2. The molecule has 1 aromatic carbocycles. The van der Waals surface area contributed by atoms with Gasteiger partial charge in [-0.1, -0.05) is 18.2 Å². The van der Waals surface area contributed by atoms with Crippen LogP contribution in [0.5, 0.6) is 0 Å². The normalized spacial score (nSPS) is 10.8. The Bertz CT molecular complexity index is 519. The number of hydrogen-bond donors (Lipinski definition) is 2. The first kappa shape index (κ1) is 10.6. The number of carboxylic acid groups (broad SMARTS) is 1. The summed E-state index contributed by atoms with van der Waals surface area (Å²) in [7, 11) is 1.88. The molecule has 0 aliphatic rings. The quantitative estimate of drug-likeness (QED) is 0.796. The lowest BCUT2D eigenvalue weighted by atomic mass is 10.2. The van der Waals surface area contributed by atoms with Gasteiger partial charge in [0, 0.05) is 19.0 Å². The molecule has 0 unspecified atom stereocenters. The summed E-state index contributed by atoms with van der Waals surface area (Å²) in [5, 5.41) is 16.8. The van der Waals surface area contributed by atoms with Crippen LogP contribution in [0, 0.1) is 0 Å². The van der Waals surface area contributed by atoms with Gasteiger partial charge in [-0.15, -0.1) is 0 Å². The molecule has 2 rings (SSSR count). The lowest BCUT2D eigenvalue weighted by Crippen LogP contribution is -2.22. The Morgan fingerprint density at radius 1 is 1.50 bits per heavy atom. The van der Waals surface area contributed by atoms with Gasteiger partial charge in [0.05, 0.1) is 17.8 Å². The SMILES string of the molecule is Cn1nc(CNCC(=O)O)c2ccccc21. The number of carboxylic acids is 1. The van der Waals surface area contributed by atoms with E-state index in [0.717, 1.165) is 16.6 Å². The Kier molecular flexibility index (Phi) is 2.87. The molecule has 0 aliphatic carbocycles. The third kappa shape index (κ3) is 2.04. The number of aryl methyl sites for hydroxylation is 1. The predicted octanol–water partition coefficient (Wildman–Crippen LogP) is 0.747. The Balaban J connectivity index is 2.21. The number of para-hydroxylation sites is 1. The van der Waals surface area contributed by atoms with Crippen LogP contribution in [0.2, 0.25) is 0 Å². The van der Waals surface area contributed by atoms with Crippen LogP contribution in [0.4, 0.5) is 0 Å². The van der Waals surface area contributed by atoms with Crippen LogP contribution in [0.25, 0.3) is 10.9 Å². The highest BCUT2D eigenvalue weighted by molar-refractivity contribution is 5.81. The molecule has 0 saturated carbocycles. The van der Waals surface area contributed by atoms with Crippen molar-refractivity contribution < 1.29 is 9.90 Å². The van der Waals surface area contributed by atoms with Gasteiger partial charge in [-0.05, 0) is 6.07 Å². The van der Waals surface area contributed by atoms with Crippen LogP contribution in [-0.4, -0.2) is 27.4 Å². The van der Waals surface area contributed by atoms with Crippen molar-refractivity contribution in [3.05, 3.63) is 30.0 Å². The van der Waals surface area contributed by atoms with Gasteiger partial charge in [-0.3, -0.25) is 9.48 Å². The van der Waals surface area contributed by atoms with Crippen molar-refractivity contribution in [3.63, 3.8) is 0 Å². The second-order valence-electron chi connectivity index (χ2n) is 3.58. The monoisotopic (exact) mass is 219 g/mol. The number of nitrogens with one attached hydrogen (secondary N) is 1. The highest BCUT2D eigenvalue weighted by Crippen LogP contribution is 2.16. The van der Waals surface area contributed by atoms with E-state index in [2.05, 4.69) is 10.4 Å². The zero-order valence-electron chi connectivity index (χ0n) is 8.97. The lowest BCUT2D eigenvalue weighted by Gasteiger charge is -1.98. The number of fused-ring (bicyclic) bond motifs is 1. The van der Waals surface area contributed by atoms with E-state index in [1.54, 1.807) is 4.68 Å². The van der Waals surface area contributed by atoms with Crippen molar-refractivity contribution >= 4 is 16.9 Å². The average molecular weight is 219 g/mol. The van der Waals surface area contributed by atoms with Crippen LogP contribution in [-0.2, 0) is 18.4 Å². The van der Waals surface area contributed by atoms with Crippen LogP contribution in [0.1, 0.15) is 5.69 Å². The fraction of sp³-hybridized carbons (Fsp3) is 0.273. The Morgan fingerprint density at radius 2 is 2.25 bits per heavy atom. The standard InChI is InChI=1S/C11H13N3O2/c1-14-10-5-3-2-4-8(10)9(13-14)6-12-7-11(15)16/h2-5,12H,6-7H2,1H3,(H,15,16). The predicted molar refractivity (Wildman–Crippen MR) is 60.1 cm³/mol. The zero-order valence-corrected chi connectivity index (χ0v) is 8.97. The largest absolute Gasteiger partial charge is 0.480 e. The molecule has 0 amide bonds. The van der Waals surface area contributed by atoms with Crippen LogP contribution in [0.3, 0.4) is 0 Å². The van der Waals surface area contributed by atoms with E-state index in [1.165, 1.54) is 0 Å². The fourth-order valence-electron chi connectivity index (χ4n) is 1.71. The fourth-order valence-corrected chi connectivity index (χ4v) is 1.71. The maximum Gasteiger partial charge on any atom is 0.317 e. The topological polar surface area (TPSA) is 67.2 Å². The molecule has 0 radical (unpaired) electrons. The van der Waals surface area contributed by atoms with E-state index in [-0.39, 0.29) is 6.54 Å². The maximum absolute atomic E-state index is 10.4. The molecule has 2 N–H and O–H groups in total. The first-order valence-corrected chi connectivity index (χ1v) is 5.01. The van der Waals surface area contributed by atoms with E-state index in [0.29, 0.717) is 6.54 Å². The maximum atomic E-state index is 10.4. The summed E-state index contributed by atoms with van der Waals surface area (Å²) in [5.74, 6) is -0.861. The average Bonchev–Trinajstić information content (AvgIpc) is 2.57. The lowest BCUT2D eigenvalue weighted by molar-refractivity contribution is -0.135. The minimum absolute atomic E-state index is 0.0507. The first-order valence-electron chi connectivity index (χ1n) is 5.01. The van der Waals surface area contributed by atoms with Crippen molar-refractivity contribution in [1.29, 1.82) is 0 Å². The second kappa shape index (κ2) is 4.32. The second-order valence-corrected chi connectivity index (χ2v) is 3.58. The molecule has 5 heteroatoms. The molecule has 0 saturated heterocycles. The number of hydrogen-bond acceptors (Lipinski definition) is 3. The third-order valence-corrected chi connectivity index (χ3v) is 2.40. The van der Waals surface area contributed by atoms with Gasteiger partial charge < -0.3 is 10.4 Å². The Morgan fingerprint density at radius 3 is 3.00 bits per heavy atom. The molecule has 0 bridgehead atoms. The highest BCUT2D eigenvalue weighted by Gasteiger charge is 2.07. The van der Waals surface area contributed by atoms with Crippen molar-refractivity contribution in [1.82, 2.24) is 15.1 Å². The number of nitrogens with zero attached hydrogens (tertiary/aromatic N) is 2. The van der Waals surface area contributed by atoms with E-state index in [9.17, 15) is 4.79 Å². The van der Waals surface area contributed by atoms with Gasteiger partial charge in [-0.2, -0.15) is 5.10 Å². The number of carbonyl (C=O) groups is 1. The molecule has 0 atom stereocenters. The van der Waals surface area contributed by atoms with Crippen LogP contribution < -0.4 is 5.32 Å². The van der Waals surface area contributed by atoms with Crippen molar-refractivity contribution in [2.45, 2.75) is 6.54 Å². The molecule has 0 spiro atoms. The summed E-state index contributed by atoms with van der Waals surface area (Å²) < 4.78 is 1.80. The van der Waals surface area contributed by atoms with E-state index in [1.807, 2.05) is 31.3 Å². The first-order chi connectivity index (χ1) is 7.68. The summed E-state index contributed by atoms with van der Waals surface area (Å²) in [6.07, 6.45) is 0. The molecule has 2 aromatic rings. The molecule has 16 heavy (non-hydrogen) atoms. The number of benzene rings is 1. The van der Waals surface area contributed by atoms with E-state index < -0.39 is 5.97 Å². The molecule has 1 heterocycles. The van der Waals surface area contributed by atoms with Gasteiger partial charge in [0.25, 0.3) is 0 Å². The van der Waals surface area contributed by atoms with Gasteiger partial charge in [0.1, 0.15) is 0 Å². The van der Waals surface area contributed by atoms with Crippen molar-refractivity contribution in [2.75, 3.05) is 6.54 Å². The van der Waals surface area contributed by atoms with Crippen molar-refractivity contribution in [2.24, 2.45) is 7.05 Å². The van der Waals surface area contributed by atoms with E-state index >= 15 is 0 Å². The summed E-state index contributed by atoms with van der Waals surface area (Å²) >= 11 is 0. The molecular weight excluding hydrogens is 206 g/mol. The minimum Gasteiger partial charge on any atom is -0.480 e. The summed E-state index contributed by atoms with van der Waals surface area (Å²) in [6.45, 7) is 0.415. The van der Waals surface area contributed by atoms with Crippen LogP contribution >= 0.6 is 0 Å². The summed E-state index contributed by atoms with van der Waals surface area (Å²) in [6, 6.07) is 7.88. The van der Waals surface area contributed by atoms with E-state index in [4.69, 9.17) is 5.11 Å². The third-order valence-electron chi connectivity index (χ3n) is 2.40. The van der Waals surface area contributed by atoms with Crippen LogP contribution in [0.15, 0.2) is 24.3 Å². The smallest absolute Gasteiger partial charge is 0.317 e. The minimum atomic E-state index is -0.861. The molecule has 0 fully saturated rings. The van der Waals surface area contributed by atoms with Gasteiger partial charge >= 0.3 is 5.97 Å². The Hall–Kier alpha value is -1.88. The molecule has 84 valence electrons. The van der Waals surface area contributed by atoms with Crippen molar-refractivity contribution in [3.8, 4) is 0 Å². The molecule has 5 nitrogen and oxygen atoms in total. The number of rotatable bonds is 4. The van der Waals surface area contributed by atoms with Gasteiger partial charge in [-0.25, -0.2) is 0 Å². The number of aliphatic carboxylic acids is 1. The highest BCUT2D eigenvalue weighted by atomic mass is 16.4. The zero-order chi connectivity index (χ0) is 11.5.